The van der Waals surface area contributed by atoms with Crippen molar-refractivity contribution in [1.29, 1.82) is 0 Å². The van der Waals surface area contributed by atoms with Gasteiger partial charge in [0, 0.05) is 6.07 Å². The predicted molar refractivity (Wildman–Crippen MR) is 46.3 cm³/mol. The molecule has 2 heterocycles. The smallest absolute Gasteiger partial charge is 0.223 e. The van der Waals surface area contributed by atoms with Crippen LogP contribution < -0.4 is 10.1 Å². The van der Waals surface area contributed by atoms with Crippen LogP contribution in [0.4, 0.5) is 0 Å². The average molecular weight is 178 g/mol. The molecule has 1 fully saturated rings. The number of nitrogens with zero attached hydrogens (tertiary/aromatic N) is 1. The Labute approximate surface area is 75.9 Å². The van der Waals surface area contributed by atoms with Gasteiger partial charge in [-0.1, -0.05) is 6.07 Å². The molecule has 0 aliphatic carbocycles. The van der Waals surface area contributed by atoms with Gasteiger partial charge in [-0.2, -0.15) is 0 Å². The lowest BCUT2D eigenvalue weighted by atomic mass is 10.0. The maximum absolute atomic E-state index is 10.7. The fraction of sp³-hybridized carbons (Fsp3) is 0.333. The molecule has 1 aliphatic rings. The minimum absolute atomic E-state index is 0.0719. The lowest BCUT2D eigenvalue weighted by Gasteiger charge is -2.26. The monoisotopic (exact) mass is 178 g/mol. The summed E-state index contributed by atoms with van der Waals surface area (Å²) in [5, 5.41) is 2.75. The van der Waals surface area contributed by atoms with E-state index in [0.717, 1.165) is 5.69 Å². The van der Waals surface area contributed by atoms with Crippen LogP contribution in [0.2, 0.25) is 0 Å². The van der Waals surface area contributed by atoms with E-state index in [4.69, 9.17) is 4.74 Å². The molecule has 1 aromatic rings. The highest BCUT2D eigenvalue weighted by atomic mass is 16.5. The van der Waals surface area contributed by atoms with Crippen molar-refractivity contribution in [3.8, 4) is 5.88 Å². The van der Waals surface area contributed by atoms with Gasteiger partial charge in [-0.15, -0.1) is 0 Å². The number of ether oxygens (including phenoxy) is 1. The molecule has 1 N–H and O–H groups in total. The summed E-state index contributed by atoms with van der Waals surface area (Å²) < 4.78 is 4.98. The first kappa shape index (κ1) is 8.04. The van der Waals surface area contributed by atoms with Gasteiger partial charge in [-0.05, 0) is 6.07 Å². The molecule has 4 heteroatoms. The topological polar surface area (TPSA) is 51.2 Å². The minimum Gasteiger partial charge on any atom is -0.481 e. The molecule has 1 aromatic heterocycles. The number of hydrogen-bond acceptors (Lipinski definition) is 3. The normalized spacial score (nSPS) is 20.4. The summed E-state index contributed by atoms with van der Waals surface area (Å²) in [5.41, 5.74) is 0.860. The molecule has 0 aromatic carbocycles. The first-order valence-corrected chi connectivity index (χ1v) is 4.10. The van der Waals surface area contributed by atoms with Gasteiger partial charge in [0.25, 0.3) is 0 Å². The largest absolute Gasteiger partial charge is 0.481 e. The van der Waals surface area contributed by atoms with E-state index in [1.54, 1.807) is 13.2 Å². The summed E-state index contributed by atoms with van der Waals surface area (Å²) in [6.07, 6.45) is 0.528. The molecule has 1 saturated heterocycles. The molecule has 13 heavy (non-hydrogen) atoms. The van der Waals surface area contributed by atoms with Crippen LogP contribution in [0, 0.1) is 0 Å². The third-order valence-electron chi connectivity index (χ3n) is 2.04. The zero-order valence-corrected chi connectivity index (χ0v) is 7.28. The molecule has 0 saturated carbocycles. The number of aromatic nitrogens is 1. The van der Waals surface area contributed by atoms with Gasteiger partial charge in [-0.25, -0.2) is 4.98 Å². The quantitative estimate of drug-likeness (QED) is 0.676. The van der Waals surface area contributed by atoms with E-state index in [2.05, 4.69) is 10.3 Å². The van der Waals surface area contributed by atoms with Crippen LogP contribution in [0.5, 0.6) is 5.88 Å². The standard InChI is InChI=1S/C9H10N2O2/c1-13-9-4-2-3-6(11-9)7-5-8(12)10-7/h2-4,7H,5H2,1H3,(H,10,12). The van der Waals surface area contributed by atoms with E-state index in [0.29, 0.717) is 12.3 Å². The Bertz CT molecular complexity index is 330. The van der Waals surface area contributed by atoms with Crippen LogP contribution in [-0.4, -0.2) is 18.0 Å². The van der Waals surface area contributed by atoms with Gasteiger partial charge in [0.15, 0.2) is 0 Å². The van der Waals surface area contributed by atoms with E-state index in [9.17, 15) is 4.79 Å². The van der Waals surface area contributed by atoms with Gasteiger partial charge in [0.05, 0.1) is 25.3 Å². The van der Waals surface area contributed by atoms with Crippen molar-refractivity contribution in [1.82, 2.24) is 10.3 Å². The summed E-state index contributed by atoms with van der Waals surface area (Å²) in [7, 11) is 1.57. The molecule has 4 nitrogen and oxygen atoms in total. The van der Waals surface area contributed by atoms with Gasteiger partial charge >= 0.3 is 0 Å². The number of methoxy groups -OCH3 is 1. The molecule has 0 radical (unpaired) electrons. The van der Waals surface area contributed by atoms with E-state index >= 15 is 0 Å². The second-order valence-corrected chi connectivity index (χ2v) is 2.93. The molecule has 1 aliphatic heterocycles. The lowest BCUT2D eigenvalue weighted by molar-refractivity contribution is -0.128. The third-order valence-corrected chi connectivity index (χ3v) is 2.04. The summed E-state index contributed by atoms with van der Waals surface area (Å²) in [5.74, 6) is 0.660. The third kappa shape index (κ3) is 1.47. The Morgan fingerprint density at radius 1 is 1.62 bits per heavy atom. The molecular weight excluding hydrogens is 168 g/mol. The molecule has 0 spiro atoms. The van der Waals surface area contributed by atoms with Gasteiger partial charge in [0.2, 0.25) is 11.8 Å². The SMILES string of the molecule is COc1cccc(C2CC(=O)N2)n1. The van der Waals surface area contributed by atoms with Crippen molar-refractivity contribution in [2.45, 2.75) is 12.5 Å². The van der Waals surface area contributed by atoms with Crippen LogP contribution in [0.1, 0.15) is 18.2 Å². The van der Waals surface area contributed by atoms with Crippen molar-refractivity contribution >= 4 is 5.91 Å². The highest BCUT2D eigenvalue weighted by molar-refractivity contribution is 5.83. The number of β-lactam (4-membered cyclic amide) rings is 1. The van der Waals surface area contributed by atoms with Crippen molar-refractivity contribution in [2.75, 3.05) is 7.11 Å². The Morgan fingerprint density at radius 2 is 2.38 bits per heavy atom. The summed E-state index contributed by atoms with van der Waals surface area (Å²) in [6.45, 7) is 0. The van der Waals surface area contributed by atoms with Crippen LogP contribution >= 0.6 is 0 Å². The predicted octanol–water partition coefficient (Wildman–Crippen LogP) is 0.651. The van der Waals surface area contributed by atoms with Gasteiger partial charge < -0.3 is 10.1 Å². The molecule has 1 amide bonds. The first-order valence-electron chi connectivity index (χ1n) is 4.10. The number of carbonyl (C=O) groups excluding carboxylic acids is 1. The van der Waals surface area contributed by atoms with E-state index in [1.807, 2.05) is 12.1 Å². The van der Waals surface area contributed by atoms with Crippen molar-refractivity contribution in [3.63, 3.8) is 0 Å². The van der Waals surface area contributed by atoms with Crippen molar-refractivity contribution in [2.24, 2.45) is 0 Å². The van der Waals surface area contributed by atoms with Crippen LogP contribution in [-0.2, 0) is 4.79 Å². The average Bonchev–Trinajstić information content (AvgIpc) is 2.13. The number of nitrogens with one attached hydrogen (secondary N) is 1. The number of carbonyl (C=O) groups is 1. The second-order valence-electron chi connectivity index (χ2n) is 2.93. The van der Waals surface area contributed by atoms with Gasteiger partial charge in [-0.3, -0.25) is 4.79 Å². The van der Waals surface area contributed by atoms with E-state index in [1.165, 1.54) is 0 Å². The number of amides is 1. The van der Waals surface area contributed by atoms with Gasteiger partial charge in [0.1, 0.15) is 0 Å². The molecule has 0 bridgehead atoms. The fourth-order valence-corrected chi connectivity index (χ4v) is 1.28. The molecular formula is C9H10N2O2. The summed E-state index contributed by atoms with van der Waals surface area (Å²) in [4.78, 5) is 14.9. The maximum atomic E-state index is 10.7. The fourth-order valence-electron chi connectivity index (χ4n) is 1.28. The van der Waals surface area contributed by atoms with Crippen LogP contribution in [0.3, 0.4) is 0 Å². The summed E-state index contributed by atoms with van der Waals surface area (Å²) in [6, 6.07) is 5.60. The van der Waals surface area contributed by atoms with Crippen molar-refractivity contribution in [3.05, 3.63) is 23.9 Å². The second kappa shape index (κ2) is 3.05. The number of rotatable bonds is 2. The Balaban J connectivity index is 2.16. The molecule has 68 valence electrons. The zero-order valence-electron chi connectivity index (χ0n) is 7.28. The Morgan fingerprint density at radius 3 is 3.00 bits per heavy atom. The van der Waals surface area contributed by atoms with Crippen LogP contribution in [0.15, 0.2) is 18.2 Å². The zero-order chi connectivity index (χ0) is 9.26. The molecule has 1 atom stereocenters. The van der Waals surface area contributed by atoms with E-state index in [-0.39, 0.29) is 11.9 Å². The number of pyridine rings is 1. The molecule has 2 rings (SSSR count). The van der Waals surface area contributed by atoms with Crippen molar-refractivity contribution < 1.29 is 9.53 Å². The minimum atomic E-state index is 0.0719. The maximum Gasteiger partial charge on any atom is 0.223 e. The van der Waals surface area contributed by atoms with E-state index < -0.39 is 0 Å². The number of hydrogen-bond donors (Lipinski definition) is 1. The Kier molecular flexibility index (Phi) is 1.88. The highest BCUT2D eigenvalue weighted by Gasteiger charge is 2.27. The summed E-state index contributed by atoms with van der Waals surface area (Å²) >= 11 is 0. The van der Waals surface area contributed by atoms with Crippen LogP contribution in [0.25, 0.3) is 0 Å². The first-order chi connectivity index (χ1) is 6.29. The lowest BCUT2D eigenvalue weighted by Crippen LogP contribution is -2.41. The highest BCUT2D eigenvalue weighted by Crippen LogP contribution is 2.23. The Hall–Kier alpha value is -1.58. The molecule has 1 unspecified atom stereocenters.